The second-order valence-corrected chi connectivity index (χ2v) is 7.05. The number of amides is 1. The molecule has 1 aliphatic heterocycles. The highest BCUT2D eigenvalue weighted by Gasteiger charge is 2.08. The van der Waals surface area contributed by atoms with Gasteiger partial charge in [0.15, 0.2) is 0 Å². The summed E-state index contributed by atoms with van der Waals surface area (Å²) in [6.07, 6.45) is 10.9. The van der Waals surface area contributed by atoms with Gasteiger partial charge < -0.3 is 21.1 Å². The molecule has 0 saturated carbocycles. The molecule has 1 aliphatic rings. The van der Waals surface area contributed by atoms with Gasteiger partial charge in [-0.25, -0.2) is 4.99 Å². The lowest BCUT2D eigenvalue weighted by Gasteiger charge is -2.14. The van der Waals surface area contributed by atoms with Crippen LogP contribution in [0.3, 0.4) is 0 Å². The number of aliphatic imine (C=N–C) groups is 1. The number of carbonyl (C=O) groups excluding carboxylic acids is 1. The summed E-state index contributed by atoms with van der Waals surface area (Å²) in [5.41, 5.74) is 9.88. The molecule has 1 aromatic rings. The van der Waals surface area contributed by atoms with E-state index in [1.54, 1.807) is 0 Å². The van der Waals surface area contributed by atoms with Crippen LogP contribution in [0.5, 0.6) is 0 Å². The molecule has 0 aromatic heterocycles. The summed E-state index contributed by atoms with van der Waals surface area (Å²) in [7, 11) is 1.97. The number of nitrogens with one attached hydrogen (secondary N) is 2. The number of hydrogen-bond donors (Lipinski definition) is 3. The topological polar surface area (TPSA) is 88.7 Å². The van der Waals surface area contributed by atoms with Crippen molar-refractivity contribution < 1.29 is 18.3 Å². The van der Waals surface area contributed by atoms with E-state index in [9.17, 15) is 13.6 Å². The van der Waals surface area contributed by atoms with Crippen molar-refractivity contribution in [2.75, 3.05) is 12.4 Å². The fraction of sp³-hybridized carbons (Fsp3) is 0.333. The van der Waals surface area contributed by atoms with Gasteiger partial charge in [-0.2, -0.15) is 8.78 Å². The molecule has 6 nitrogen and oxygen atoms in total. The van der Waals surface area contributed by atoms with E-state index >= 15 is 0 Å². The Kier molecular flexibility index (Phi) is 15.9. The van der Waals surface area contributed by atoms with Gasteiger partial charge in [-0.1, -0.05) is 52.5 Å². The van der Waals surface area contributed by atoms with Crippen molar-refractivity contribution in [3.05, 3.63) is 84.1 Å². The Morgan fingerprint density at radius 3 is 2.51 bits per heavy atom. The zero-order valence-electron chi connectivity index (χ0n) is 21.3. The van der Waals surface area contributed by atoms with E-state index < -0.39 is 12.5 Å². The summed E-state index contributed by atoms with van der Waals surface area (Å²) >= 11 is 0. The molecule has 0 fully saturated rings. The van der Waals surface area contributed by atoms with Gasteiger partial charge in [0.2, 0.25) is 5.91 Å². The van der Waals surface area contributed by atoms with Crippen LogP contribution in [0, 0.1) is 0 Å². The Balaban J connectivity index is 0.000000646. The van der Waals surface area contributed by atoms with Crippen molar-refractivity contribution in [2.24, 2.45) is 10.7 Å². The van der Waals surface area contributed by atoms with E-state index in [-0.39, 0.29) is 11.3 Å². The highest BCUT2D eigenvalue weighted by atomic mass is 19.3. The molecule has 0 bridgehead atoms. The number of unbranched alkanes of at least 4 members (excludes halogenated alkanes) is 1. The predicted octanol–water partition coefficient (Wildman–Crippen LogP) is 6.31. The Bertz CT molecular complexity index is 964. The molecule has 0 saturated heterocycles. The summed E-state index contributed by atoms with van der Waals surface area (Å²) < 4.78 is 27.7. The van der Waals surface area contributed by atoms with Gasteiger partial charge in [-0.05, 0) is 55.2 Å². The average molecular weight is 489 g/mol. The molecule has 0 radical (unpaired) electrons. The molecule has 192 valence electrons. The number of carbonyl (C=O) groups is 1. The van der Waals surface area contributed by atoms with Crippen LogP contribution in [0.25, 0.3) is 5.57 Å². The van der Waals surface area contributed by atoms with Gasteiger partial charge in [0, 0.05) is 36.3 Å². The van der Waals surface area contributed by atoms with E-state index in [2.05, 4.69) is 58.6 Å². The number of nitrogens with two attached hydrogens (primary N) is 1. The molecule has 0 aliphatic carbocycles. The number of halogens is 2. The second-order valence-electron chi connectivity index (χ2n) is 7.05. The van der Waals surface area contributed by atoms with Crippen LogP contribution in [-0.2, 0) is 16.0 Å². The van der Waals surface area contributed by atoms with Crippen LogP contribution < -0.4 is 16.4 Å². The molecule has 0 unspecified atom stereocenters. The van der Waals surface area contributed by atoms with Gasteiger partial charge in [-0.3, -0.25) is 4.79 Å². The quantitative estimate of drug-likeness (QED) is 0.205. The van der Waals surface area contributed by atoms with Crippen molar-refractivity contribution in [1.29, 1.82) is 0 Å². The number of rotatable bonds is 10. The van der Waals surface area contributed by atoms with E-state index in [0.717, 1.165) is 18.1 Å². The Hall–Kier alpha value is -3.68. The van der Waals surface area contributed by atoms with Crippen molar-refractivity contribution >= 4 is 23.4 Å². The first-order chi connectivity index (χ1) is 16.7. The van der Waals surface area contributed by atoms with Gasteiger partial charge >= 0.3 is 6.61 Å². The molecule has 1 aromatic carbocycles. The number of aryl methyl sites for hydroxylation is 1. The van der Waals surface area contributed by atoms with E-state index in [1.807, 2.05) is 33.3 Å². The number of ether oxygens (including phenoxy) is 1. The maximum atomic E-state index is 11.8. The number of anilines is 1. The van der Waals surface area contributed by atoms with E-state index in [4.69, 9.17) is 5.73 Å². The third-order valence-electron chi connectivity index (χ3n) is 4.52. The van der Waals surface area contributed by atoms with E-state index in [1.165, 1.54) is 48.7 Å². The Labute approximate surface area is 208 Å². The highest BCUT2D eigenvalue weighted by Crippen LogP contribution is 2.24. The highest BCUT2D eigenvalue weighted by molar-refractivity contribution is 6.10. The minimum absolute atomic E-state index is 0.124. The van der Waals surface area contributed by atoms with Crippen LogP contribution in [0.1, 0.15) is 51.7 Å². The SMILES string of the molecule is C=C/C=C(\C=C(/C)C(N)=O)OC(F)F.C=C1N=CC(c2ccc(NC)c(CCCC)c2)=CN1.CC. The van der Waals surface area contributed by atoms with Crippen molar-refractivity contribution in [2.45, 2.75) is 53.6 Å². The summed E-state index contributed by atoms with van der Waals surface area (Å²) in [4.78, 5) is 14.8. The summed E-state index contributed by atoms with van der Waals surface area (Å²) in [6.45, 7) is 11.7. The molecule has 0 atom stereocenters. The van der Waals surface area contributed by atoms with Gasteiger partial charge in [0.25, 0.3) is 0 Å². The maximum absolute atomic E-state index is 11.8. The largest absolute Gasteiger partial charge is 0.435 e. The molecule has 8 heteroatoms. The number of primary amides is 1. The Morgan fingerprint density at radius 1 is 1.34 bits per heavy atom. The lowest BCUT2D eigenvalue weighted by Crippen LogP contribution is -2.12. The zero-order chi connectivity index (χ0) is 26.8. The molecule has 35 heavy (non-hydrogen) atoms. The number of benzene rings is 1. The normalized spacial score (nSPS) is 12.9. The first kappa shape index (κ1) is 31.3. The van der Waals surface area contributed by atoms with Crippen LogP contribution in [-0.4, -0.2) is 25.8 Å². The maximum Gasteiger partial charge on any atom is 0.387 e. The second kappa shape index (κ2) is 17.8. The average Bonchev–Trinajstić information content (AvgIpc) is 2.84. The van der Waals surface area contributed by atoms with Crippen LogP contribution >= 0.6 is 0 Å². The molecule has 0 spiro atoms. The standard InChI is InChI=1S/C16H21N3.C9H11F2NO2.C2H6/c1-4-5-6-14-9-13(7-8-16(14)17-3)15-10-18-12(2)19-11-15;1-3-4-7(14-9(10)11)5-6(2)8(12)13;1-2/h7-11,17-18H,2,4-6H2,1,3H3;3-5,9H,1H2,2H3,(H2,12,13);1-2H3/b;6-5+,7-4+;. The van der Waals surface area contributed by atoms with Crippen LogP contribution in [0.15, 0.2) is 77.9 Å². The Morgan fingerprint density at radius 2 is 2.03 bits per heavy atom. The molecule has 2 rings (SSSR count). The zero-order valence-corrected chi connectivity index (χ0v) is 21.3. The first-order valence-corrected chi connectivity index (χ1v) is 11.5. The van der Waals surface area contributed by atoms with Crippen molar-refractivity contribution in [3.63, 3.8) is 0 Å². The van der Waals surface area contributed by atoms with E-state index in [0.29, 0.717) is 5.82 Å². The third kappa shape index (κ3) is 12.4. The summed E-state index contributed by atoms with van der Waals surface area (Å²) in [5.74, 6) is -0.175. The van der Waals surface area contributed by atoms with Gasteiger partial charge in [-0.15, -0.1) is 0 Å². The van der Waals surface area contributed by atoms with Crippen LogP contribution in [0.4, 0.5) is 14.5 Å². The number of allylic oxidation sites excluding steroid dienone is 4. The molecular weight excluding hydrogens is 450 g/mol. The smallest absolute Gasteiger partial charge is 0.387 e. The lowest BCUT2D eigenvalue weighted by atomic mass is 9.99. The minimum Gasteiger partial charge on any atom is -0.435 e. The third-order valence-corrected chi connectivity index (χ3v) is 4.52. The molecule has 1 heterocycles. The fourth-order valence-electron chi connectivity index (χ4n) is 2.76. The van der Waals surface area contributed by atoms with Crippen molar-refractivity contribution in [3.8, 4) is 0 Å². The fourth-order valence-corrected chi connectivity index (χ4v) is 2.76. The summed E-state index contributed by atoms with van der Waals surface area (Å²) in [6, 6.07) is 6.50. The molecule has 1 amide bonds. The minimum atomic E-state index is -2.95. The first-order valence-electron chi connectivity index (χ1n) is 11.5. The predicted molar refractivity (Wildman–Crippen MR) is 143 cm³/mol. The number of nitrogens with zero attached hydrogens (tertiary/aromatic N) is 1. The van der Waals surface area contributed by atoms with Crippen molar-refractivity contribution in [1.82, 2.24) is 5.32 Å². The monoisotopic (exact) mass is 488 g/mol. The number of hydrogen-bond acceptors (Lipinski definition) is 5. The lowest BCUT2D eigenvalue weighted by molar-refractivity contribution is -0.114. The summed E-state index contributed by atoms with van der Waals surface area (Å²) in [5, 5.41) is 6.31. The van der Waals surface area contributed by atoms with Gasteiger partial charge in [0.05, 0.1) is 0 Å². The molecular formula is C27H38F2N4O2. The van der Waals surface area contributed by atoms with Crippen LogP contribution in [0.2, 0.25) is 0 Å². The number of alkyl halides is 2. The molecule has 4 N–H and O–H groups in total. The van der Waals surface area contributed by atoms with Gasteiger partial charge in [0.1, 0.15) is 11.6 Å².